The lowest BCUT2D eigenvalue weighted by Crippen LogP contribution is -2.46. The molecule has 1 saturated heterocycles. The van der Waals surface area contributed by atoms with Crippen LogP contribution in [0, 0.1) is 5.92 Å². The first kappa shape index (κ1) is 17.2. The van der Waals surface area contributed by atoms with Crippen LogP contribution in [-0.4, -0.2) is 38.1 Å². The monoisotopic (exact) mass is 330 g/mol. The van der Waals surface area contributed by atoms with Crippen LogP contribution in [0.4, 0.5) is 5.69 Å². The van der Waals surface area contributed by atoms with E-state index in [2.05, 4.69) is 52.4 Å². The highest BCUT2D eigenvalue weighted by Gasteiger charge is 2.40. The number of hydrogen-bond acceptors (Lipinski definition) is 4. The molecule has 1 aromatic carbocycles. The number of carbonyl (C=O) groups excluding carboxylic acids is 1. The summed E-state index contributed by atoms with van der Waals surface area (Å²) in [5.41, 5.74) is 7.76. The number of fused-ring (bicyclic) bond motifs is 1. The maximum atomic E-state index is 12.4. The molecule has 0 aromatic heterocycles. The minimum atomic E-state index is -0.0534. The lowest BCUT2D eigenvalue weighted by Gasteiger charge is -2.26. The van der Waals surface area contributed by atoms with Gasteiger partial charge in [-0.2, -0.15) is 0 Å². The van der Waals surface area contributed by atoms with Gasteiger partial charge in [0.15, 0.2) is 0 Å². The van der Waals surface area contributed by atoms with Crippen molar-refractivity contribution in [2.45, 2.75) is 50.6 Å². The minimum Gasteiger partial charge on any atom is -0.375 e. The van der Waals surface area contributed by atoms with Gasteiger partial charge in [0.1, 0.15) is 6.04 Å². The number of rotatable bonds is 7. The van der Waals surface area contributed by atoms with Crippen molar-refractivity contribution in [2.75, 3.05) is 25.0 Å². The molecule has 3 atom stereocenters. The highest BCUT2D eigenvalue weighted by molar-refractivity contribution is 5.82. The molecule has 24 heavy (non-hydrogen) atoms. The SMILES string of the molecule is CN(CCCCNC(=O)C1NNC2CCCCC21)c1ccccc1. The van der Waals surface area contributed by atoms with Crippen LogP contribution in [0.2, 0.25) is 0 Å². The Morgan fingerprint density at radius 2 is 1.96 bits per heavy atom. The van der Waals surface area contributed by atoms with Crippen molar-refractivity contribution in [1.82, 2.24) is 16.2 Å². The highest BCUT2D eigenvalue weighted by Crippen LogP contribution is 2.30. The van der Waals surface area contributed by atoms with Crippen LogP contribution in [0.3, 0.4) is 0 Å². The van der Waals surface area contributed by atoms with Crippen LogP contribution in [0.25, 0.3) is 0 Å². The van der Waals surface area contributed by atoms with Crippen molar-refractivity contribution in [3.05, 3.63) is 30.3 Å². The second kappa shape index (κ2) is 8.49. The normalized spacial score (nSPS) is 26.0. The summed E-state index contributed by atoms with van der Waals surface area (Å²) in [6.45, 7) is 1.77. The summed E-state index contributed by atoms with van der Waals surface area (Å²) in [5, 5.41) is 3.11. The Kier molecular flexibility index (Phi) is 6.10. The smallest absolute Gasteiger partial charge is 0.238 e. The topological polar surface area (TPSA) is 56.4 Å². The van der Waals surface area contributed by atoms with E-state index in [1.54, 1.807) is 0 Å². The van der Waals surface area contributed by atoms with Gasteiger partial charge < -0.3 is 10.2 Å². The molecule has 132 valence electrons. The van der Waals surface area contributed by atoms with Crippen LogP contribution in [0.1, 0.15) is 38.5 Å². The van der Waals surface area contributed by atoms with Gasteiger partial charge in [-0.1, -0.05) is 31.0 Å². The highest BCUT2D eigenvalue weighted by atomic mass is 16.2. The Bertz CT molecular complexity index is 521. The van der Waals surface area contributed by atoms with Gasteiger partial charge in [-0.3, -0.25) is 10.2 Å². The van der Waals surface area contributed by atoms with Crippen LogP contribution >= 0.6 is 0 Å². The van der Waals surface area contributed by atoms with Gasteiger partial charge >= 0.3 is 0 Å². The Morgan fingerprint density at radius 1 is 1.17 bits per heavy atom. The zero-order chi connectivity index (χ0) is 16.8. The molecule has 1 saturated carbocycles. The Morgan fingerprint density at radius 3 is 2.79 bits per heavy atom. The maximum absolute atomic E-state index is 12.4. The Balaban J connectivity index is 1.32. The molecule has 0 spiro atoms. The average Bonchev–Trinajstić information content (AvgIpc) is 3.06. The van der Waals surface area contributed by atoms with E-state index in [-0.39, 0.29) is 11.9 Å². The summed E-state index contributed by atoms with van der Waals surface area (Å²) in [7, 11) is 2.12. The van der Waals surface area contributed by atoms with E-state index in [0.717, 1.165) is 32.4 Å². The fraction of sp³-hybridized carbons (Fsp3) is 0.632. The van der Waals surface area contributed by atoms with E-state index in [1.807, 2.05) is 6.07 Å². The second-order valence-corrected chi connectivity index (χ2v) is 7.08. The molecule has 1 amide bonds. The molecule has 3 unspecified atom stereocenters. The second-order valence-electron chi connectivity index (χ2n) is 7.08. The predicted octanol–water partition coefficient (Wildman–Crippen LogP) is 2.05. The van der Waals surface area contributed by atoms with Gasteiger partial charge in [-0.25, -0.2) is 5.43 Å². The number of amides is 1. The van der Waals surface area contributed by atoms with Crippen molar-refractivity contribution in [3.63, 3.8) is 0 Å². The van der Waals surface area contributed by atoms with Gasteiger partial charge in [-0.15, -0.1) is 0 Å². The summed E-state index contributed by atoms with van der Waals surface area (Å²) in [4.78, 5) is 14.7. The van der Waals surface area contributed by atoms with Crippen LogP contribution < -0.4 is 21.1 Å². The van der Waals surface area contributed by atoms with E-state index < -0.39 is 0 Å². The summed E-state index contributed by atoms with van der Waals surface area (Å²) in [6.07, 6.45) is 6.96. The summed E-state index contributed by atoms with van der Waals surface area (Å²) < 4.78 is 0. The molecule has 0 bridgehead atoms. The lowest BCUT2D eigenvalue weighted by atomic mass is 9.81. The third-order valence-corrected chi connectivity index (χ3v) is 5.37. The first-order valence-corrected chi connectivity index (χ1v) is 9.30. The number of anilines is 1. The minimum absolute atomic E-state index is 0.0534. The number of para-hydroxylation sites is 1. The zero-order valence-corrected chi connectivity index (χ0v) is 14.6. The molecule has 3 rings (SSSR count). The molecule has 1 aliphatic carbocycles. The summed E-state index contributed by atoms with van der Waals surface area (Å²) in [6, 6.07) is 10.8. The third kappa shape index (κ3) is 4.28. The van der Waals surface area contributed by atoms with Gasteiger partial charge in [0.25, 0.3) is 0 Å². The van der Waals surface area contributed by atoms with Crippen molar-refractivity contribution in [2.24, 2.45) is 5.92 Å². The fourth-order valence-electron chi connectivity index (χ4n) is 3.91. The largest absolute Gasteiger partial charge is 0.375 e. The van der Waals surface area contributed by atoms with Crippen molar-refractivity contribution >= 4 is 11.6 Å². The van der Waals surface area contributed by atoms with E-state index in [4.69, 9.17) is 0 Å². The van der Waals surface area contributed by atoms with Gasteiger partial charge in [-0.05, 0) is 37.8 Å². The van der Waals surface area contributed by atoms with Gasteiger partial charge in [0.05, 0.1) is 0 Å². The van der Waals surface area contributed by atoms with Crippen LogP contribution in [-0.2, 0) is 4.79 Å². The molecule has 0 radical (unpaired) electrons. The third-order valence-electron chi connectivity index (χ3n) is 5.37. The molecule has 1 heterocycles. The first-order valence-electron chi connectivity index (χ1n) is 9.30. The molecule has 1 aromatic rings. The molecule has 5 nitrogen and oxygen atoms in total. The van der Waals surface area contributed by atoms with E-state index in [1.165, 1.54) is 24.9 Å². The van der Waals surface area contributed by atoms with Crippen LogP contribution in [0.15, 0.2) is 30.3 Å². The van der Waals surface area contributed by atoms with E-state index in [9.17, 15) is 4.79 Å². The van der Waals surface area contributed by atoms with E-state index >= 15 is 0 Å². The molecular weight excluding hydrogens is 300 g/mol. The molecule has 2 fully saturated rings. The number of benzene rings is 1. The quantitative estimate of drug-likeness (QED) is 0.670. The number of carbonyl (C=O) groups is 1. The van der Waals surface area contributed by atoms with Crippen molar-refractivity contribution < 1.29 is 4.79 Å². The Labute approximate surface area is 145 Å². The molecule has 3 N–H and O–H groups in total. The average molecular weight is 330 g/mol. The van der Waals surface area contributed by atoms with E-state index in [0.29, 0.717) is 12.0 Å². The van der Waals surface area contributed by atoms with Crippen LogP contribution in [0.5, 0.6) is 0 Å². The van der Waals surface area contributed by atoms with Gasteiger partial charge in [0, 0.05) is 37.8 Å². The zero-order valence-electron chi connectivity index (χ0n) is 14.6. The van der Waals surface area contributed by atoms with Crippen molar-refractivity contribution in [1.29, 1.82) is 0 Å². The molecule has 5 heteroatoms. The number of nitrogens with zero attached hydrogens (tertiary/aromatic N) is 1. The van der Waals surface area contributed by atoms with Crippen molar-refractivity contribution in [3.8, 4) is 0 Å². The first-order chi connectivity index (χ1) is 11.8. The Hall–Kier alpha value is -1.59. The summed E-state index contributed by atoms with van der Waals surface area (Å²) in [5.74, 6) is 0.622. The molecular formula is C19H30N4O. The predicted molar refractivity (Wildman–Crippen MR) is 97.8 cm³/mol. The standard InChI is InChI=1S/C19H30N4O/c1-23(15-9-3-2-4-10-15)14-8-7-13-20-19(24)18-16-11-5-6-12-17(16)21-22-18/h2-4,9-10,16-18,21-22H,5-8,11-14H2,1H3,(H,20,24). The lowest BCUT2D eigenvalue weighted by molar-refractivity contribution is -0.123. The summed E-state index contributed by atoms with van der Waals surface area (Å²) >= 11 is 0. The number of hydrogen-bond donors (Lipinski definition) is 3. The molecule has 2 aliphatic rings. The molecule has 1 aliphatic heterocycles. The fourth-order valence-corrected chi connectivity index (χ4v) is 3.91. The van der Waals surface area contributed by atoms with Gasteiger partial charge in [0.2, 0.25) is 5.91 Å². The number of nitrogens with one attached hydrogen (secondary N) is 3. The number of unbranched alkanes of at least 4 members (excludes halogenated alkanes) is 1. The number of hydrazine groups is 1. The maximum Gasteiger partial charge on any atom is 0.238 e.